The molecule has 1 heterocycles. The molecule has 21 heavy (non-hydrogen) atoms. The van der Waals surface area contributed by atoms with Crippen molar-refractivity contribution in [3.8, 4) is 6.07 Å². The number of nitrogens with zero attached hydrogens (tertiary/aromatic N) is 3. The van der Waals surface area contributed by atoms with Crippen LogP contribution in [0.1, 0.15) is 16.7 Å². The second kappa shape index (κ2) is 5.18. The number of aryl methyl sites for hydroxylation is 3. The predicted molar refractivity (Wildman–Crippen MR) is 74.6 cm³/mol. The fourth-order valence-corrected chi connectivity index (χ4v) is 3.70. The van der Waals surface area contributed by atoms with Crippen molar-refractivity contribution in [1.29, 1.82) is 5.26 Å². The largest absolute Gasteiger partial charge is 0.263 e. The highest BCUT2D eigenvalue weighted by atomic mass is 32.2. The Morgan fingerprint density at radius 1 is 1.33 bits per heavy atom. The van der Waals surface area contributed by atoms with Crippen molar-refractivity contribution in [2.45, 2.75) is 18.7 Å². The van der Waals surface area contributed by atoms with Gasteiger partial charge in [0.1, 0.15) is 17.4 Å². The fourth-order valence-electron chi connectivity index (χ4n) is 2.14. The molecular weight excluding hydrogens is 295 g/mol. The van der Waals surface area contributed by atoms with Gasteiger partial charge in [-0.1, -0.05) is 0 Å². The van der Waals surface area contributed by atoms with Gasteiger partial charge in [0.25, 0.3) is 10.0 Å². The van der Waals surface area contributed by atoms with Crippen molar-refractivity contribution in [2.24, 2.45) is 7.05 Å². The van der Waals surface area contributed by atoms with Crippen LogP contribution in [-0.2, 0) is 17.1 Å². The molecular formula is C13H13FN4O2S. The zero-order chi connectivity index (χ0) is 15.8. The fraction of sp³-hybridized carbons (Fsp3) is 0.231. The van der Waals surface area contributed by atoms with Crippen LogP contribution in [0.15, 0.2) is 23.2 Å². The number of rotatable bonds is 3. The minimum Gasteiger partial charge on any atom is -0.262 e. The first kappa shape index (κ1) is 15.0. The number of nitrogens with one attached hydrogen (secondary N) is 1. The van der Waals surface area contributed by atoms with Crippen LogP contribution in [0.4, 0.5) is 10.2 Å². The summed E-state index contributed by atoms with van der Waals surface area (Å²) < 4.78 is 41.8. The van der Waals surface area contributed by atoms with Gasteiger partial charge in [-0.3, -0.25) is 9.40 Å². The van der Waals surface area contributed by atoms with Crippen molar-refractivity contribution in [2.75, 3.05) is 4.72 Å². The van der Waals surface area contributed by atoms with Crippen LogP contribution < -0.4 is 4.72 Å². The van der Waals surface area contributed by atoms with Crippen LogP contribution in [0.25, 0.3) is 0 Å². The van der Waals surface area contributed by atoms with Crippen LogP contribution in [-0.4, -0.2) is 18.2 Å². The van der Waals surface area contributed by atoms with E-state index < -0.39 is 15.8 Å². The SMILES string of the molecule is Cc1cc(F)cc(C)c1S(=O)(=O)Nc1c(C#N)cnn1C. The monoisotopic (exact) mass is 308 g/mol. The Balaban J connectivity index is 2.54. The predicted octanol–water partition coefficient (Wildman–Crippen LogP) is 1.85. The number of nitriles is 1. The molecule has 8 heteroatoms. The van der Waals surface area contributed by atoms with Gasteiger partial charge in [0.05, 0.1) is 11.1 Å². The Bertz CT molecular complexity index is 827. The Morgan fingerprint density at radius 3 is 2.43 bits per heavy atom. The number of halogens is 1. The van der Waals surface area contributed by atoms with Gasteiger partial charge >= 0.3 is 0 Å². The van der Waals surface area contributed by atoms with Gasteiger partial charge in [-0.15, -0.1) is 0 Å². The summed E-state index contributed by atoms with van der Waals surface area (Å²) in [4.78, 5) is -0.00557. The summed E-state index contributed by atoms with van der Waals surface area (Å²) in [5.41, 5.74) is 0.694. The van der Waals surface area contributed by atoms with E-state index in [1.54, 1.807) is 0 Å². The first-order chi connectivity index (χ1) is 9.76. The molecule has 0 aliphatic carbocycles. The highest BCUT2D eigenvalue weighted by Gasteiger charge is 2.23. The smallest absolute Gasteiger partial charge is 0.262 e. The molecule has 0 amide bonds. The molecule has 0 aliphatic heterocycles. The van der Waals surface area contributed by atoms with E-state index in [2.05, 4.69) is 9.82 Å². The van der Waals surface area contributed by atoms with Crippen molar-refractivity contribution in [1.82, 2.24) is 9.78 Å². The lowest BCUT2D eigenvalue weighted by Crippen LogP contribution is -2.18. The van der Waals surface area contributed by atoms with E-state index in [1.807, 2.05) is 6.07 Å². The second-order valence-electron chi connectivity index (χ2n) is 4.62. The van der Waals surface area contributed by atoms with E-state index in [4.69, 9.17) is 5.26 Å². The molecule has 0 spiro atoms. The number of hydrogen-bond acceptors (Lipinski definition) is 4. The van der Waals surface area contributed by atoms with E-state index in [-0.39, 0.29) is 16.3 Å². The Labute approximate surface area is 121 Å². The molecule has 6 nitrogen and oxygen atoms in total. The van der Waals surface area contributed by atoms with Crippen LogP contribution in [0, 0.1) is 31.0 Å². The van der Waals surface area contributed by atoms with Gasteiger partial charge in [-0.05, 0) is 37.1 Å². The number of sulfonamides is 1. The van der Waals surface area contributed by atoms with Crippen LogP contribution in [0.2, 0.25) is 0 Å². The standard InChI is InChI=1S/C13H13FN4O2S/c1-8-4-11(14)5-9(2)12(8)21(19,20)17-13-10(6-15)7-16-18(13)3/h4-5,7,17H,1-3H3. The third-order valence-electron chi connectivity index (χ3n) is 2.98. The highest BCUT2D eigenvalue weighted by molar-refractivity contribution is 7.92. The maximum absolute atomic E-state index is 13.3. The number of anilines is 1. The summed E-state index contributed by atoms with van der Waals surface area (Å²) >= 11 is 0. The highest BCUT2D eigenvalue weighted by Crippen LogP contribution is 2.25. The van der Waals surface area contributed by atoms with Crippen molar-refractivity contribution in [3.05, 3.63) is 40.8 Å². The zero-order valence-corrected chi connectivity index (χ0v) is 12.5. The topological polar surface area (TPSA) is 87.8 Å². The molecule has 0 radical (unpaired) electrons. The van der Waals surface area contributed by atoms with Gasteiger partial charge in [-0.2, -0.15) is 10.4 Å². The van der Waals surface area contributed by atoms with E-state index in [0.717, 1.165) is 12.1 Å². The van der Waals surface area contributed by atoms with Crippen molar-refractivity contribution in [3.63, 3.8) is 0 Å². The van der Waals surface area contributed by atoms with Gasteiger partial charge in [0.15, 0.2) is 5.82 Å². The van der Waals surface area contributed by atoms with E-state index >= 15 is 0 Å². The summed E-state index contributed by atoms with van der Waals surface area (Å²) in [6.45, 7) is 3.03. The summed E-state index contributed by atoms with van der Waals surface area (Å²) in [7, 11) is -2.43. The average molecular weight is 308 g/mol. The van der Waals surface area contributed by atoms with Crippen molar-refractivity contribution < 1.29 is 12.8 Å². The minimum atomic E-state index is -3.95. The second-order valence-corrected chi connectivity index (χ2v) is 6.24. The molecule has 2 rings (SSSR count). The van der Waals surface area contributed by atoms with E-state index in [0.29, 0.717) is 11.1 Å². The van der Waals surface area contributed by atoms with Gasteiger partial charge in [0.2, 0.25) is 0 Å². The van der Waals surface area contributed by atoms with Crippen LogP contribution >= 0.6 is 0 Å². The Kier molecular flexibility index (Phi) is 3.70. The molecule has 0 unspecified atom stereocenters. The molecule has 0 saturated heterocycles. The molecule has 110 valence electrons. The molecule has 2 aromatic rings. The van der Waals surface area contributed by atoms with Crippen LogP contribution in [0.5, 0.6) is 0 Å². The number of hydrogen-bond donors (Lipinski definition) is 1. The first-order valence-electron chi connectivity index (χ1n) is 5.98. The number of aromatic nitrogens is 2. The summed E-state index contributed by atoms with van der Waals surface area (Å²) in [5.74, 6) is -0.428. The first-order valence-corrected chi connectivity index (χ1v) is 7.46. The lowest BCUT2D eigenvalue weighted by molar-refractivity contribution is 0.596. The molecule has 1 aromatic heterocycles. The summed E-state index contributed by atoms with van der Waals surface area (Å²) in [6, 6.07) is 4.16. The minimum absolute atomic E-state index is 0.00557. The molecule has 0 atom stereocenters. The van der Waals surface area contributed by atoms with E-state index in [9.17, 15) is 12.8 Å². The van der Waals surface area contributed by atoms with Gasteiger partial charge in [0, 0.05) is 7.05 Å². The number of benzene rings is 1. The third-order valence-corrected chi connectivity index (χ3v) is 4.63. The Morgan fingerprint density at radius 2 is 1.90 bits per heavy atom. The quantitative estimate of drug-likeness (QED) is 0.937. The van der Waals surface area contributed by atoms with Gasteiger partial charge in [-0.25, -0.2) is 12.8 Å². The van der Waals surface area contributed by atoms with Crippen LogP contribution in [0.3, 0.4) is 0 Å². The van der Waals surface area contributed by atoms with E-state index in [1.165, 1.54) is 31.8 Å². The molecule has 0 aliphatic rings. The normalized spacial score (nSPS) is 11.2. The summed E-state index contributed by atoms with van der Waals surface area (Å²) in [6.07, 6.45) is 1.27. The molecule has 1 aromatic carbocycles. The lowest BCUT2D eigenvalue weighted by atomic mass is 10.1. The lowest BCUT2D eigenvalue weighted by Gasteiger charge is -2.13. The molecule has 1 N–H and O–H groups in total. The Hall–Kier alpha value is -2.40. The maximum Gasteiger partial charge on any atom is 0.263 e. The maximum atomic E-state index is 13.3. The zero-order valence-electron chi connectivity index (χ0n) is 11.7. The van der Waals surface area contributed by atoms with Crippen molar-refractivity contribution >= 4 is 15.8 Å². The molecule has 0 bridgehead atoms. The third kappa shape index (κ3) is 2.73. The molecule has 0 saturated carbocycles. The van der Waals surface area contributed by atoms with Gasteiger partial charge < -0.3 is 0 Å². The average Bonchev–Trinajstić information content (AvgIpc) is 2.68. The summed E-state index contributed by atoms with van der Waals surface area (Å²) in [5, 5.41) is 12.8. The molecule has 0 fully saturated rings.